The van der Waals surface area contributed by atoms with Crippen molar-refractivity contribution in [2.24, 2.45) is 5.92 Å². The largest absolute Gasteiger partial charge is 0.480 e. The Hall–Kier alpha value is -3.87. The van der Waals surface area contributed by atoms with Crippen LogP contribution in [0, 0.1) is 5.92 Å². The van der Waals surface area contributed by atoms with E-state index < -0.39 is 6.09 Å². The molecule has 4 rings (SSSR count). The predicted molar refractivity (Wildman–Crippen MR) is 130 cm³/mol. The molecule has 2 heterocycles. The third-order valence-corrected chi connectivity index (χ3v) is 5.50. The molecule has 2 aromatic carbocycles. The number of carbonyl (C=O) groups is 1. The van der Waals surface area contributed by atoms with Crippen molar-refractivity contribution in [3.05, 3.63) is 83.3 Å². The van der Waals surface area contributed by atoms with Gasteiger partial charge in [-0.3, -0.25) is 4.57 Å². The highest BCUT2D eigenvalue weighted by molar-refractivity contribution is 5.92. The van der Waals surface area contributed by atoms with E-state index in [9.17, 15) is 4.79 Å². The molecule has 0 unspecified atom stereocenters. The Morgan fingerprint density at radius 1 is 0.941 bits per heavy atom. The Morgan fingerprint density at radius 2 is 1.65 bits per heavy atom. The average Bonchev–Trinajstić information content (AvgIpc) is 3.22. The molecule has 0 aliphatic rings. The van der Waals surface area contributed by atoms with Crippen molar-refractivity contribution >= 4 is 17.0 Å². The number of hydrogen-bond acceptors (Lipinski definition) is 6. The van der Waals surface area contributed by atoms with Gasteiger partial charge in [0.15, 0.2) is 0 Å². The summed E-state index contributed by atoms with van der Waals surface area (Å²) in [5, 5.41) is 0.940. The smallest absolute Gasteiger partial charge is 0.418 e. The monoisotopic (exact) mass is 459 g/mol. The minimum atomic E-state index is -0.445. The molecule has 176 valence electrons. The van der Waals surface area contributed by atoms with Gasteiger partial charge in [-0.1, -0.05) is 62.4 Å². The third kappa shape index (κ3) is 5.03. The summed E-state index contributed by atoms with van der Waals surface area (Å²) < 4.78 is 18.2. The Bertz CT molecular complexity index is 1280. The number of hydrogen-bond donors (Lipinski definition) is 0. The number of aromatic nitrogens is 3. The van der Waals surface area contributed by atoms with Crippen LogP contribution in [0.1, 0.15) is 36.4 Å². The van der Waals surface area contributed by atoms with Gasteiger partial charge in [-0.15, -0.1) is 0 Å². The standard InChI is InChI=1S/C27H29N3O4/c1-18(2)14-22-26(34-17-19-10-6-5-7-11-19)29-23(25(28-22)32-3)15-20-16-30(27(31)33-4)24-13-9-8-12-21(20)24/h5-13,16,18H,14-15,17H2,1-4H3. The van der Waals surface area contributed by atoms with Gasteiger partial charge in [-0.25, -0.2) is 14.8 Å². The van der Waals surface area contributed by atoms with Gasteiger partial charge in [0.25, 0.3) is 0 Å². The quantitative estimate of drug-likeness (QED) is 0.350. The number of benzene rings is 2. The van der Waals surface area contributed by atoms with Crippen LogP contribution in [0.25, 0.3) is 10.9 Å². The van der Waals surface area contributed by atoms with Crippen LogP contribution in [0.4, 0.5) is 4.79 Å². The van der Waals surface area contributed by atoms with E-state index in [1.54, 1.807) is 13.3 Å². The Labute approximate surface area is 199 Å². The molecular weight excluding hydrogens is 430 g/mol. The van der Waals surface area contributed by atoms with E-state index in [2.05, 4.69) is 13.8 Å². The van der Waals surface area contributed by atoms with E-state index in [-0.39, 0.29) is 0 Å². The first-order valence-corrected chi connectivity index (χ1v) is 11.3. The number of rotatable bonds is 8. The SMILES string of the molecule is COC(=O)n1cc(Cc2nc(OCc3ccccc3)c(CC(C)C)nc2OC)c2ccccc21. The first kappa shape index (κ1) is 23.3. The lowest BCUT2D eigenvalue weighted by atomic mass is 10.1. The van der Waals surface area contributed by atoms with E-state index in [0.29, 0.717) is 36.4 Å². The van der Waals surface area contributed by atoms with Gasteiger partial charge in [-0.05, 0) is 29.5 Å². The molecule has 0 saturated heterocycles. The lowest BCUT2D eigenvalue weighted by molar-refractivity contribution is 0.174. The van der Waals surface area contributed by atoms with Crippen molar-refractivity contribution in [1.82, 2.24) is 14.5 Å². The summed E-state index contributed by atoms with van der Waals surface area (Å²) in [5.74, 6) is 1.34. The van der Waals surface area contributed by atoms with E-state index in [1.165, 1.54) is 11.7 Å². The lowest BCUT2D eigenvalue weighted by Crippen LogP contribution is -2.10. The van der Waals surface area contributed by atoms with Crippen molar-refractivity contribution in [3.63, 3.8) is 0 Å². The second kappa shape index (κ2) is 10.4. The van der Waals surface area contributed by atoms with Gasteiger partial charge in [0.05, 0.1) is 19.7 Å². The summed E-state index contributed by atoms with van der Waals surface area (Å²) in [4.78, 5) is 21.9. The van der Waals surface area contributed by atoms with E-state index in [4.69, 9.17) is 24.2 Å². The van der Waals surface area contributed by atoms with Crippen LogP contribution < -0.4 is 9.47 Å². The topological polar surface area (TPSA) is 75.5 Å². The van der Waals surface area contributed by atoms with Crippen LogP contribution >= 0.6 is 0 Å². The van der Waals surface area contributed by atoms with Crippen molar-refractivity contribution < 1.29 is 19.0 Å². The van der Waals surface area contributed by atoms with E-state index in [0.717, 1.165) is 34.1 Å². The van der Waals surface area contributed by atoms with Crippen molar-refractivity contribution in [2.45, 2.75) is 33.3 Å². The molecule has 0 aliphatic heterocycles. The molecule has 4 aromatic rings. The minimum absolute atomic E-state index is 0.377. The zero-order valence-electron chi connectivity index (χ0n) is 19.9. The second-order valence-corrected chi connectivity index (χ2v) is 8.49. The third-order valence-electron chi connectivity index (χ3n) is 5.50. The van der Waals surface area contributed by atoms with Crippen LogP contribution in [0.2, 0.25) is 0 Å². The van der Waals surface area contributed by atoms with Gasteiger partial charge >= 0.3 is 6.09 Å². The molecule has 2 aromatic heterocycles. The Morgan fingerprint density at radius 3 is 2.35 bits per heavy atom. The summed E-state index contributed by atoms with van der Waals surface area (Å²) in [7, 11) is 2.96. The fourth-order valence-corrected chi connectivity index (χ4v) is 3.93. The summed E-state index contributed by atoms with van der Waals surface area (Å²) >= 11 is 0. The average molecular weight is 460 g/mol. The summed E-state index contributed by atoms with van der Waals surface area (Å²) in [6.07, 6.45) is 2.48. The normalized spacial score (nSPS) is 11.1. The molecule has 0 radical (unpaired) electrons. The first-order valence-electron chi connectivity index (χ1n) is 11.3. The van der Waals surface area contributed by atoms with Gasteiger partial charge in [0, 0.05) is 18.0 Å². The molecule has 7 nitrogen and oxygen atoms in total. The fraction of sp³-hybridized carbons (Fsp3) is 0.296. The molecular formula is C27H29N3O4. The van der Waals surface area contributed by atoms with Crippen LogP contribution in [-0.2, 0) is 24.2 Å². The minimum Gasteiger partial charge on any atom is -0.480 e. The Kier molecular flexibility index (Phi) is 7.11. The van der Waals surface area contributed by atoms with Crippen LogP contribution in [0.15, 0.2) is 60.8 Å². The zero-order valence-corrected chi connectivity index (χ0v) is 19.9. The molecule has 0 amide bonds. The maximum atomic E-state index is 12.3. The lowest BCUT2D eigenvalue weighted by Gasteiger charge is -2.15. The predicted octanol–water partition coefficient (Wildman–Crippen LogP) is 5.42. The van der Waals surface area contributed by atoms with Crippen LogP contribution in [-0.4, -0.2) is 34.8 Å². The maximum absolute atomic E-state index is 12.3. The summed E-state index contributed by atoms with van der Waals surface area (Å²) in [6, 6.07) is 17.7. The second-order valence-electron chi connectivity index (χ2n) is 8.49. The number of para-hydroxylation sites is 1. The van der Waals surface area contributed by atoms with Crippen LogP contribution in [0.3, 0.4) is 0 Å². The number of fused-ring (bicyclic) bond motifs is 1. The molecule has 0 spiro atoms. The van der Waals surface area contributed by atoms with Gasteiger partial charge in [-0.2, -0.15) is 0 Å². The highest BCUT2D eigenvalue weighted by Crippen LogP contribution is 2.29. The molecule has 0 fully saturated rings. The molecule has 7 heteroatoms. The number of nitrogens with zero attached hydrogens (tertiary/aromatic N) is 3. The highest BCUT2D eigenvalue weighted by Gasteiger charge is 2.20. The number of carbonyl (C=O) groups excluding carboxylic acids is 1. The highest BCUT2D eigenvalue weighted by atomic mass is 16.5. The fourth-order valence-electron chi connectivity index (χ4n) is 3.93. The molecule has 34 heavy (non-hydrogen) atoms. The number of methoxy groups -OCH3 is 2. The van der Waals surface area contributed by atoms with Crippen molar-refractivity contribution in [2.75, 3.05) is 14.2 Å². The number of ether oxygens (including phenoxy) is 3. The summed E-state index contributed by atoms with van der Waals surface area (Å²) in [5.41, 5.74) is 4.15. The van der Waals surface area contributed by atoms with E-state index >= 15 is 0 Å². The molecule has 0 aliphatic carbocycles. The zero-order chi connectivity index (χ0) is 24.1. The molecule has 0 N–H and O–H groups in total. The first-order chi connectivity index (χ1) is 16.5. The van der Waals surface area contributed by atoms with Crippen molar-refractivity contribution in [1.29, 1.82) is 0 Å². The van der Waals surface area contributed by atoms with Gasteiger partial charge < -0.3 is 14.2 Å². The van der Waals surface area contributed by atoms with Crippen LogP contribution in [0.5, 0.6) is 11.8 Å². The maximum Gasteiger partial charge on any atom is 0.418 e. The molecule has 0 saturated carbocycles. The van der Waals surface area contributed by atoms with Gasteiger partial charge in [0.2, 0.25) is 11.8 Å². The van der Waals surface area contributed by atoms with E-state index in [1.807, 2.05) is 54.6 Å². The Balaban J connectivity index is 1.73. The van der Waals surface area contributed by atoms with Crippen molar-refractivity contribution in [3.8, 4) is 11.8 Å². The summed E-state index contributed by atoms with van der Waals surface area (Å²) in [6.45, 7) is 4.66. The molecule has 0 bridgehead atoms. The molecule has 0 atom stereocenters. The van der Waals surface area contributed by atoms with Gasteiger partial charge in [0.1, 0.15) is 18.0 Å².